The largest absolute Gasteiger partial charge is 0.354 e. The van der Waals surface area contributed by atoms with Crippen LogP contribution in [0.25, 0.3) is 10.2 Å². The van der Waals surface area contributed by atoms with E-state index in [-0.39, 0.29) is 18.0 Å². The zero-order valence-corrected chi connectivity index (χ0v) is 16.9. The minimum Gasteiger partial charge on any atom is -0.354 e. The standard InChI is InChI=1S/C19H28N4O2S/c1-12(2)9-20-16(24)11-23-15(10-22-7-5-6-8-22)21-18-17(19(23)25)13(3)14(4)26-18/h12H,5-11H2,1-4H3,(H,20,24). The van der Waals surface area contributed by atoms with E-state index in [1.807, 2.05) is 13.8 Å². The maximum atomic E-state index is 13.2. The van der Waals surface area contributed by atoms with Crippen molar-refractivity contribution < 1.29 is 4.79 Å². The van der Waals surface area contributed by atoms with Crippen molar-refractivity contribution in [2.24, 2.45) is 5.92 Å². The molecule has 2 aromatic rings. The minimum atomic E-state index is -0.130. The molecule has 0 bridgehead atoms. The second kappa shape index (κ2) is 7.88. The number of carbonyl (C=O) groups is 1. The molecule has 1 fully saturated rings. The Hall–Kier alpha value is -1.73. The van der Waals surface area contributed by atoms with Crippen LogP contribution in [0.1, 0.15) is 43.0 Å². The first-order chi connectivity index (χ1) is 12.4. The smallest absolute Gasteiger partial charge is 0.263 e. The Morgan fingerprint density at radius 2 is 1.96 bits per heavy atom. The van der Waals surface area contributed by atoms with E-state index in [0.29, 0.717) is 30.2 Å². The van der Waals surface area contributed by atoms with Gasteiger partial charge in [0.25, 0.3) is 5.56 Å². The lowest BCUT2D eigenvalue weighted by atomic mass is 10.2. The summed E-state index contributed by atoms with van der Waals surface area (Å²) < 4.78 is 1.58. The van der Waals surface area contributed by atoms with Gasteiger partial charge in [0, 0.05) is 11.4 Å². The van der Waals surface area contributed by atoms with Crippen LogP contribution in [0.2, 0.25) is 0 Å². The van der Waals surface area contributed by atoms with E-state index in [2.05, 4.69) is 24.1 Å². The summed E-state index contributed by atoms with van der Waals surface area (Å²) in [5, 5.41) is 3.57. The molecule has 1 N–H and O–H groups in total. The van der Waals surface area contributed by atoms with Crippen LogP contribution in [0.3, 0.4) is 0 Å². The van der Waals surface area contributed by atoms with Gasteiger partial charge in [0.15, 0.2) is 0 Å². The maximum Gasteiger partial charge on any atom is 0.263 e. The molecule has 142 valence electrons. The highest BCUT2D eigenvalue weighted by Gasteiger charge is 2.21. The van der Waals surface area contributed by atoms with Gasteiger partial charge in [-0.2, -0.15) is 0 Å². The monoisotopic (exact) mass is 376 g/mol. The Morgan fingerprint density at radius 3 is 2.62 bits per heavy atom. The third-order valence-electron chi connectivity index (χ3n) is 4.94. The lowest BCUT2D eigenvalue weighted by Crippen LogP contribution is -2.37. The average molecular weight is 377 g/mol. The van der Waals surface area contributed by atoms with Crippen LogP contribution < -0.4 is 10.9 Å². The number of carbonyl (C=O) groups excluding carboxylic acids is 1. The van der Waals surface area contributed by atoms with Crippen molar-refractivity contribution in [1.29, 1.82) is 0 Å². The SMILES string of the molecule is Cc1sc2nc(CN3CCCC3)n(CC(=O)NCC(C)C)c(=O)c2c1C. The molecule has 1 amide bonds. The number of aromatic nitrogens is 2. The van der Waals surface area contributed by atoms with Gasteiger partial charge in [-0.15, -0.1) is 11.3 Å². The predicted octanol–water partition coefficient (Wildman–Crippen LogP) is 2.44. The molecule has 0 radical (unpaired) electrons. The van der Waals surface area contributed by atoms with Gasteiger partial charge in [0.1, 0.15) is 17.2 Å². The maximum absolute atomic E-state index is 13.2. The van der Waals surface area contributed by atoms with Crippen molar-refractivity contribution in [2.75, 3.05) is 19.6 Å². The molecule has 26 heavy (non-hydrogen) atoms. The van der Waals surface area contributed by atoms with E-state index < -0.39 is 0 Å². The van der Waals surface area contributed by atoms with Crippen LogP contribution >= 0.6 is 11.3 Å². The number of likely N-dealkylation sites (tertiary alicyclic amines) is 1. The molecule has 7 heteroatoms. The van der Waals surface area contributed by atoms with Crippen molar-refractivity contribution in [3.8, 4) is 0 Å². The van der Waals surface area contributed by atoms with Crippen LogP contribution in [-0.2, 0) is 17.9 Å². The highest BCUT2D eigenvalue weighted by Crippen LogP contribution is 2.26. The summed E-state index contributed by atoms with van der Waals surface area (Å²) in [7, 11) is 0. The van der Waals surface area contributed by atoms with Gasteiger partial charge >= 0.3 is 0 Å². The number of hydrogen-bond acceptors (Lipinski definition) is 5. The first-order valence-corrected chi connectivity index (χ1v) is 10.2. The molecule has 0 saturated carbocycles. The van der Waals surface area contributed by atoms with Crippen LogP contribution in [-0.4, -0.2) is 40.0 Å². The van der Waals surface area contributed by atoms with Gasteiger partial charge in [-0.05, 0) is 51.3 Å². The molecule has 1 aliphatic rings. The molecule has 3 rings (SSSR count). The molecule has 3 heterocycles. The fourth-order valence-electron chi connectivity index (χ4n) is 3.31. The fourth-order valence-corrected chi connectivity index (χ4v) is 4.35. The third kappa shape index (κ3) is 3.99. The van der Waals surface area contributed by atoms with Crippen LogP contribution in [0.4, 0.5) is 0 Å². The van der Waals surface area contributed by atoms with Gasteiger partial charge in [0.05, 0.1) is 11.9 Å². The summed E-state index contributed by atoms with van der Waals surface area (Å²) in [6.07, 6.45) is 2.36. The van der Waals surface area contributed by atoms with Gasteiger partial charge in [-0.25, -0.2) is 4.98 Å². The molecule has 6 nitrogen and oxygen atoms in total. The zero-order valence-electron chi connectivity index (χ0n) is 16.1. The molecule has 1 saturated heterocycles. The number of fused-ring (bicyclic) bond motifs is 1. The summed E-state index contributed by atoms with van der Waals surface area (Å²) in [4.78, 5) is 34.5. The van der Waals surface area contributed by atoms with E-state index >= 15 is 0 Å². The van der Waals surface area contributed by atoms with Crippen molar-refractivity contribution >= 4 is 27.5 Å². The highest BCUT2D eigenvalue weighted by atomic mass is 32.1. The number of nitrogens with zero attached hydrogens (tertiary/aromatic N) is 3. The summed E-state index contributed by atoms with van der Waals surface area (Å²) in [5.74, 6) is 0.946. The topological polar surface area (TPSA) is 67.2 Å². The fraction of sp³-hybridized carbons (Fsp3) is 0.632. The highest BCUT2D eigenvalue weighted by molar-refractivity contribution is 7.18. The van der Waals surface area contributed by atoms with E-state index in [1.54, 1.807) is 15.9 Å². The van der Waals surface area contributed by atoms with Crippen molar-refractivity contribution in [2.45, 2.75) is 53.6 Å². The zero-order chi connectivity index (χ0) is 18.8. The van der Waals surface area contributed by atoms with E-state index in [0.717, 1.165) is 28.4 Å². The van der Waals surface area contributed by atoms with E-state index in [9.17, 15) is 9.59 Å². The molecule has 1 aliphatic heterocycles. The molecule has 0 aromatic carbocycles. The normalized spacial score (nSPS) is 15.3. The molecule has 0 aliphatic carbocycles. The van der Waals surface area contributed by atoms with Crippen LogP contribution in [0, 0.1) is 19.8 Å². The molecular formula is C19H28N4O2S. The minimum absolute atomic E-state index is 0.0337. The number of rotatable bonds is 6. The summed E-state index contributed by atoms with van der Waals surface area (Å²) >= 11 is 1.56. The first kappa shape index (κ1) is 19.0. The Balaban J connectivity index is 1.98. The average Bonchev–Trinajstić information content (AvgIpc) is 3.18. The lowest BCUT2D eigenvalue weighted by Gasteiger charge is -2.18. The summed E-state index contributed by atoms with van der Waals surface area (Å²) in [6.45, 7) is 11.4. The number of nitrogens with one attached hydrogen (secondary N) is 1. The number of thiophene rings is 1. The van der Waals surface area contributed by atoms with E-state index in [4.69, 9.17) is 4.98 Å². The van der Waals surface area contributed by atoms with Gasteiger partial charge in [-0.1, -0.05) is 13.8 Å². The Labute approximate surface area is 158 Å². The molecule has 0 unspecified atom stereocenters. The Bertz CT molecular complexity index is 863. The third-order valence-corrected chi connectivity index (χ3v) is 6.04. The number of aryl methyl sites for hydroxylation is 2. The van der Waals surface area contributed by atoms with Crippen LogP contribution in [0.5, 0.6) is 0 Å². The predicted molar refractivity (Wildman–Crippen MR) is 106 cm³/mol. The van der Waals surface area contributed by atoms with Crippen molar-refractivity contribution in [1.82, 2.24) is 19.8 Å². The quantitative estimate of drug-likeness (QED) is 0.841. The molecular weight excluding hydrogens is 348 g/mol. The second-order valence-electron chi connectivity index (χ2n) is 7.56. The molecule has 0 spiro atoms. The molecule has 0 atom stereocenters. The van der Waals surface area contributed by atoms with Gasteiger partial charge in [0.2, 0.25) is 5.91 Å². The van der Waals surface area contributed by atoms with Gasteiger partial charge < -0.3 is 5.32 Å². The summed E-state index contributed by atoms with van der Waals surface area (Å²) in [6, 6.07) is 0. The lowest BCUT2D eigenvalue weighted by molar-refractivity contribution is -0.121. The van der Waals surface area contributed by atoms with Crippen molar-refractivity contribution in [3.63, 3.8) is 0 Å². The Kier molecular flexibility index (Phi) is 5.77. The van der Waals surface area contributed by atoms with Crippen LogP contribution in [0.15, 0.2) is 4.79 Å². The van der Waals surface area contributed by atoms with Crippen molar-refractivity contribution in [3.05, 3.63) is 26.6 Å². The second-order valence-corrected chi connectivity index (χ2v) is 8.77. The summed E-state index contributed by atoms with van der Waals surface area (Å²) in [5.41, 5.74) is 0.886. The number of amides is 1. The number of hydrogen-bond donors (Lipinski definition) is 1. The van der Waals surface area contributed by atoms with Gasteiger partial charge in [-0.3, -0.25) is 19.1 Å². The first-order valence-electron chi connectivity index (χ1n) is 9.35. The van der Waals surface area contributed by atoms with E-state index in [1.165, 1.54) is 12.8 Å². The Morgan fingerprint density at radius 1 is 1.27 bits per heavy atom. The molecule has 2 aromatic heterocycles.